The van der Waals surface area contributed by atoms with Crippen LogP contribution in [0.2, 0.25) is 0 Å². The smallest absolute Gasteiger partial charge is 0.0633 e. The molecule has 0 amide bonds. The number of nitrogens with one attached hydrogen (secondary N) is 1. The minimum absolute atomic E-state index is 0.107. The highest BCUT2D eigenvalue weighted by Crippen LogP contribution is 2.39. The van der Waals surface area contributed by atoms with Gasteiger partial charge in [0.25, 0.3) is 0 Å². The quantitative estimate of drug-likeness (QED) is 0.509. The van der Waals surface area contributed by atoms with Gasteiger partial charge in [0, 0.05) is 26.7 Å². The van der Waals surface area contributed by atoms with E-state index in [1.807, 2.05) is 6.92 Å². The van der Waals surface area contributed by atoms with E-state index in [-0.39, 0.29) is 13.2 Å². The molecule has 25 heavy (non-hydrogen) atoms. The highest BCUT2D eigenvalue weighted by atomic mass is 32.1. The maximum Gasteiger partial charge on any atom is 0.0633 e. The van der Waals surface area contributed by atoms with Gasteiger partial charge in [-0.2, -0.15) is 0 Å². The molecule has 0 saturated carbocycles. The van der Waals surface area contributed by atoms with Crippen molar-refractivity contribution in [1.29, 1.82) is 0 Å². The molecule has 0 aliphatic heterocycles. The van der Waals surface area contributed by atoms with Crippen LogP contribution >= 0.6 is 11.3 Å². The van der Waals surface area contributed by atoms with E-state index in [4.69, 9.17) is 0 Å². The maximum absolute atomic E-state index is 9.58. The molecule has 3 nitrogen and oxygen atoms in total. The van der Waals surface area contributed by atoms with Crippen molar-refractivity contribution in [2.75, 3.05) is 13.2 Å². The summed E-state index contributed by atoms with van der Waals surface area (Å²) in [5.74, 6) is 0. The molecule has 1 aromatic heterocycles. The summed E-state index contributed by atoms with van der Waals surface area (Å²) in [6.45, 7) is 2.22. The Labute approximate surface area is 150 Å². The predicted molar refractivity (Wildman–Crippen MR) is 106 cm³/mol. The van der Waals surface area contributed by atoms with E-state index in [1.165, 1.54) is 36.5 Å². The second-order valence-corrected chi connectivity index (χ2v) is 7.83. The molecule has 0 bridgehead atoms. The van der Waals surface area contributed by atoms with Crippen molar-refractivity contribution in [2.24, 2.45) is 0 Å². The van der Waals surface area contributed by atoms with Crippen LogP contribution in [0.4, 0.5) is 0 Å². The van der Waals surface area contributed by atoms with Gasteiger partial charge >= 0.3 is 0 Å². The van der Waals surface area contributed by atoms with E-state index >= 15 is 0 Å². The molecule has 4 heteroatoms. The van der Waals surface area contributed by atoms with Gasteiger partial charge in [-0.15, -0.1) is 11.3 Å². The van der Waals surface area contributed by atoms with Gasteiger partial charge in [-0.3, -0.25) is 0 Å². The number of aliphatic hydroxyl groups is 2. The van der Waals surface area contributed by atoms with Crippen LogP contribution in [0.25, 0.3) is 30.9 Å². The SMILES string of the molecule is CC(CO)(CO)NCc1c2ccccc2cc2c1sc1ccccc12. The van der Waals surface area contributed by atoms with Gasteiger partial charge < -0.3 is 15.5 Å². The summed E-state index contributed by atoms with van der Waals surface area (Å²) in [6.07, 6.45) is 0. The Morgan fingerprint density at radius 3 is 2.36 bits per heavy atom. The van der Waals surface area contributed by atoms with E-state index < -0.39 is 5.54 Å². The average molecular weight is 351 g/mol. The molecule has 0 spiro atoms. The first kappa shape index (κ1) is 16.5. The Balaban J connectivity index is 1.95. The molecule has 0 radical (unpaired) electrons. The Morgan fingerprint density at radius 1 is 0.920 bits per heavy atom. The lowest BCUT2D eigenvalue weighted by Crippen LogP contribution is -2.48. The van der Waals surface area contributed by atoms with E-state index in [9.17, 15) is 10.2 Å². The molecule has 0 fully saturated rings. The standard InChI is InChI=1S/C21H21NO2S/c1-21(12-23,13-24)22-11-18-15-7-3-2-6-14(15)10-17-16-8-4-5-9-19(16)25-20(17)18/h2-10,22-24H,11-13H2,1H3. The molecular formula is C21H21NO2S. The largest absolute Gasteiger partial charge is 0.394 e. The minimum Gasteiger partial charge on any atom is -0.394 e. The average Bonchev–Trinajstić information content (AvgIpc) is 3.03. The second kappa shape index (κ2) is 6.39. The van der Waals surface area contributed by atoms with Crippen molar-refractivity contribution in [1.82, 2.24) is 5.32 Å². The monoisotopic (exact) mass is 351 g/mol. The van der Waals surface area contributed by atoms with Gasteiger partial charge in [-0.05, 0) is 35.4 Å². The molecule has 3 aromatic carbocycles. The van der Waals surface area contributed by atoms with Gasteiger partial charge in [0.05, 0.1) is 18.8 Å². The molecule has 0 unspecified atom stereocenters. The number of rotatable bonds is 5. The summed E-state index contributed by atoms with van der Waals surface area (Å²) >= 11 is 1.80. The molecular weight excluding hydrogens is 330 g/mol. The molecule has 3 N–H and O–H groups in total. The molecule has 1 heterocycles. The third kappa shape index (κ3) is 2.81. The van der Waals surface area contributed by atoms with Crippen LogP contribution < -0.4 is 5.32 Å². The molecule has 0 aliphatic rings. The molecule has 4 aromatic rings. The maximum atomic E-state index is 9.58. The fraction of sp³-hybridized carbons (Fsp3) is 0.238. The fourth-order valence-corrected chi connectivity index (χ4v) is 4.49. The van der Waals surface area contributed by atoms with E-state index in [0.717, 1.165) is 0 Å². The third-order valence-electron chi connectivity index (χ3n) is 4.88. The lowest BCUT2D eigenvalue weighted by atomic mass is 9.99. The normalized spacial score (nSPS) is 12.4. The van der Waals surface area contributed by atoms with Gasteiger partial charge in [-0.25, -0.2) is 0 Å². The Bertz CT molecular complexity index is 1050. The molecule has 0 atom stereocenters. The zero-order valence-electron chi connectivity index (χ0n) is 14.1. The van der Waals surface area contributed by atoms with Crippen molar-refractivity contribution in [3.63, 3.8) is 0 Å². The van der Waals surface area contributed by atoms with Crippen molar-refractivity contribution in [2.45, 2.75) is 19.0 Å². The lowest BCUT2D eigenvalue weighted by Gasteiger charge is -2.26. The van der Waals surface area contributed by atoms with Gasteiger partial charge in [0.2, 0.25) is 0 Å². The fourth-order valence-electron chi connectivity index (χ4n) is 3.25. The van der Waals surface area contributed by atoms with Crippen LogP contribution in [0.3, 0.4) is 0 Å². The van der Waals surface area contributed by atoms with Crippen LogP contribution in [0.15, 0.2) is 54.6 Å². The lowest BCUT2D eigenvalue weighted by molar-refractivity contribution is 0.103. The number of benzene rings is 3. The van der Waals surface area contributed by atoms with Crippen LogP contribution in [-0.2, 0) is 6.54 Å². The van der Waals surface area contributed by atoms with E-state index in [0.29, 0.717) is 6.54 Å². The molecule has 128 valence electrons. The predicted octanol–water partition coefficient (Wildman–Crippen LogP) is 4.04. The Kier molecular flexibility index (Phi) is 4.21. The summed E-state index contributed by atoms with van der Waals surface area (Å²) in [7, 11) is 0. The number of thiophene rings is 1. The van der Waals surface area contributed by atoms with Crippen molar-refractivity contribution in [3.05, 3.63) is 60.2 Å². The van der Waals surface area contributed by atoms with Crippen LogP contribution in [0.1, 0.15) is 12.5 Å². The second-order valence-electron chi connectivity index (χ2n) is 6.78. The van der Waals surface area contributed by atoms with E-state index in [2.05, 4.69) is 59.9 Å². The summed E-state index contributed by atoms with van der Waals surface area (Å²) in [5.41, 5.74) is 0.530. The van der Waals surface area contributed by atoms with Gasteiger partial charge in [-0.1, -0.05) is 42.5 Å². The van der Waals surface area contributed by atoms with Gasteiger partial charge in [0.1, 0.15) is 0 Å². The Hall–Kier alpha value is -1.98. The molecule has 0 saturated heterocycles. The van der Waals surface area contributed by atoms with Crippen molar-refractivity contribution in [3.8, 4) is 0 Å². The highest BCUT2D eigenvalue weighted by molar-refractivity contribution is 7.26. The molecule has 0 aliphatic carbocycles. The third-order valence-corrected chi connectivity index (χ3v) is 6.13. The number of fused-ring (bicyclic) bond motifs is 4. The van der Waals surface area contributed by atoms with Crippen LogP contribution in [0, 0.1) is 0 Å². The topological polar surface area (TPSA) is 52.5 Å². The summed E-state index contributed by atoms with van der Waals surface area (Å²) in [5, 5.41) is 27.5. The number of aliphatic hydroxyl groups excluding tert-OH is 2. The summed E-state index contributed by atoms with van der Waals surface area (Å²) in [4.78, 5) is 0. The van der Waals surface area contributed by atoms with Crippen molar-refractivity contribution >= 4 is 42.3 Å². The van der Waals surface area contributed by atoms with Crippen LogP contribution in [0.5, 0.6) is 0 Å². The summed E-state index contributed by atoms with van der Waals surface area (Å²) < 4.78 is 2.55. The van der Waals surface area contributed by atoms with Crippen LogP contribution in [-0.4, -0.2) is 29.0 Å². The zero-order valence-corrected chi connectivity index (χ0v) is 14.9. The first-order chi connectivity index (χ1) is 12.1. The zero-order chi connectivity index (χ0) is 17.4. The van der Waals surface area contributed by atoms with Gasteiger partial charge in [0.15, 0.2) is 0 Å². The first-order valence-electron chi connectivity index (χ1n) is 8.44. The van der Waals surface area contributed by atoms with E-state index in [1.54, 1.807) is 11.3 Å². The highest BCUT2D eigenvalue weighted by Gasteiger charge is 2.22. The minimum atomic E-state index is -0.694. The number of hydrogen-bond acceptors (Lipinski definition) is 4. The summed E-state index contributed by atoms with van der Waals surface area (Å²) in [6, 6.07) is 19.2. The number of hydrogen-bond donors (Lipinski definition) is 3. The molecule has 4 rings (SSSR count). The Morgan fingerprint density at radius 2 is 1.60 bits per heavy atom. The van der Waals surface area contributed by atoms with Crippen molar-refractivity contribution < 1.29 is 10.2 Å². The first-order valence-corrected chi connectivity index (χ1v) is 9.25.